The summed E-state index contributed by atoms with van der Waals surface area (Å²) in [5, 5.41) is 12.2. The van der Waals surface area contributed by atoms with Gasteiger partial charge in [0.15, 0.2) is 0 Å². The second-order valence-electron chi connectivity index (χ2n) is 8.30. The van der Waals surface area contributed by atoms with Gasteiger partial charge in [0.25, 0.3) is 0 Å². The molecule has 31 heavy (non-hydrogen) atoms. The lowest BCUT2D eigenvalue weighted by Gasteiger charge is -2.31. The third kappa shape index (κ3) is 5.54. The molecule has 1 heterocycles. The first-order valence-electron chi connectivity index (χ1n) is 10.4. The topological polar surface area (TPSA) is 91.7 Å². The van der Waals surface area contributed by atoms with Crippen molar-refractivity contribution in [1.82, 2.24) is 10.2 Å². The fraction of sp³-hybridized carbons (Fsp3) is 0.522. The number of methoxy groups -OCH3 is 1. The Kier molecular flexibility index (Phi) is 7.16. The molecule has 0 saturated carbocycles. The molecule has 1 unspecified atom stereocenters. The Morgan fingerprint density at radius 2 is 2.10 bits per heavy atom. The molecule has 1 fully saturated rings. The minimum absolute atomic E-state index is 0.00929. The van der Waals surface area contributed by atoms with Crippen molar-refractivity contribution < 1.29 is 23.5 Å². The highest BCUT2D eigenvalue weighted by atomic mass is 19.1. The van der Waals surface area contributed by atoms with Crippen LogP contribution in [-0.2, 0) is 20.9 Å². The third-order valence-electron chi connectivity index (χ3n) is 5.95. The number of nitrogens with zero attached hydrogens (tertiary/aromatic N) is 2. The first-order chi connectivity index (χ1) is 14.8. The van der Waals surface area contributed by atoms with E-state index in [1.54, 1.807) is 7.11 Å². The fourth-order valence-electron chi connectivity index (χ4n) is 3.83. The molecule has 1 N–H and O–H groups in total. The number of carbonyl (C=O) groups excluding carboxylic acids is 2. The smallest absolute Gasteiger partial charge is 0.312 e. The van der Waals surface area contributed by atoms with E-state index in [-0.39, 0.29) is 38.0 Å². The second kappa shape index (κ2) is 9.82. The molecule has 0 bridgehead atoms. The van der Waals surface area contributed by atoms with E-state index in [1.165, 1.54) is 4.90 Å². The number of alkyl halides is 1. The number of rotatable bonds is 7. The van der Waals surface area contributed by atoms with Gasteiger partial charge in [-0.3, -0.25) is 9.59 Å². The molecule has 3 atom stereocenters. The first-order valence-corrected chi connectivity index (χ1v) is 10.4. The highest BCUT2D eigenvalue weighted by molar-refractivity contribution is 5.80. The van der Waals surface area contributed by atoms with Crippen LogP contribution in [0.1, 0.15) is 38.2 Å². The third-order valence-corrected chi connectivity index (χ3v) is 5.95. The summed E-state index contributed by atoms with van der Waals surface area (Å²) in [7, 11) is 1.60. The highest BCUT2D eigenvalue weighted by Crippen LogP contribution is 2.36. The number of nitrogens with one attached hydrogen (secondary N) is 1. The molecule has 1 amide bonds. The summed E-state index contributed by atoms with van der Waals surface area (Å²) in [6, 6.07) is 8.64. The maximum atomic E-state index is 13.5. The zero-order valence-electron chi connectivity index (χ0n) is 17.9. The van der Waals surface area contributed by atoms with E-state index in [0.29, 0.717) is 19.3 Å². The van der Waals surface area contributed by atoms with E-state index < -0.39 is 17.6 Å². The zero-order chi connectivity index (χ0) is 22.4. The van der Waals surface area contributed by atoms with Crippen LogP contribution in [0.2, 0.25) is 0 Å². The molecule has 0 aromatic heterocycles. The van der Waals surface area contributed by atoms with Gasteiger partial charge in [0, 0.05) is 12.1 Å². The van der Waals surface area contributed by atoms with Crippen molar-refractivity contribution >= 4 is 11.9 Å². The van der Waals surface area contributed by atoms with Gasteiger partial charge in [0.1, 0.15) is 24.6 Å². The minimum atomic E-state index is -1.15. The largest absolute Gasteiger partial charge is 0.497 e. The van der Waals surface area contributed by atoms with Crippen LogP contribution in [0, 0.1) is 16.7 Å². The van der Waals surface area contributed by atoms with Crippen molar-refractivity contribution in [3.05, 3.63) is 41.6 Å². The van der Waals surface area contributed by atoms with E-state index >= 15 is 0 Å². The monoisotopic (exact) mass is 429 g/mol. The summed E-state index contributed by atoms with van der Waals surface area (Å²) < 4.78 is 24.1. The molecule has 7 nitrogen and oxygen atoms in total. The van der Waals surface area contributed by atoms with Crippen molar-refractivity contribution in [3.8, 4) is 11.8 Å². The zero-order valence-corrected chi connectivity index (χ0v) is 17.9. The molecule has 166 valence electrons. The number of amides is 1. The van der Waals surface area contributed by atoms with Gasteiger partial charge in [-0.25, -0.2) is 4.39 Å². The molecule has 8 heteroatoms. The summed E-state index contributed by atoms with van der Waals surface area (Å²) in [6.07, 6.45) is 2.54. The Hall–Kier alpha value is -3.08. The van der Waals surface area contributed by atoms with Gasteiger partial charge in [0.2, 0.25) is 5.91 Å². The van der Waals surface area contributed by atoms with Crippen LogP contribution >= 0.6 is 0 Å². The average Bonchev–Trinajstić information content (AvgIpc) is 3.18. The van der Waals surface area contributed by atoms with E-state index in [9.17, 15) is 14.0 Å². The molecular formula is C23H28FN3O4. The summed E-state index contributed by atoms with van der Waals surface area (Å²) in [6.45, 7) is 2.06. The van der Waals surface area contributed by atoms with Gasteiger partial charge < -0.3 is 19.7 Å². The van der Waals surface area contributed by atoms with Crippen LogP contribution in [0.5, 0.6) is 5.75 Å². The standard InChI is InChI=1S/C23H28FN3O4/c1-23(22(29)31-15-16-3-5-20(30-2)6-4-16)9-7-18(8-10-23)26-13-21(28)27-14-17(24)11-19(27)12-25/h3-7,17,19,26H,8-11,13-15H2,1-2H3/t17-,19-,23?/m0/s1. The molecule has 1 aliphatic carbocycles. The molecule has 2 aliphatic rings. The number of nitriles is 1. The van der Waals surface area contributed by atoms with Gasteiger partial charge in [-0.2, -0.15) is 5.26 Å². The van der Waals surface area contributed by atoms with Crippen LogP contribution in [0.15, 0.2) is 36.0 Å². The van der Waals surface area contributed by atoms with Crippen molar-refractivity contribution in [2.75, 3.05) is 20.2 Å². The molecule has 0 spiro atoms. The Labute approximate surface area is 181 Å². The summed E-state index contributed by atoms with van der Waals surface area (Å²) >= 11 is 0. The predicted molar refractivity (Wildman–Crippen MR) is 111 cm³/mol. The number of esters is 1. The lowest BCUT2D eigenvalue weighted by Crippen LogP contribution is -2.41. The molecular weight excluding hydrogens is 401 g/mol. The molecule has 3 rings (SSSR count). The number of allylic oxidation sites excluding steroid dienone is 2. The van der Waals surface area contributed by atoms with Crippen molar-refractivity contribution in [1.29, 1.82) is 5.26 Å². The van der Waals surface area contributed by atoms with Crippen LogP contribution in [0.4, 0.5) is 4.39 Å². The Morgan fingerprint density at radius 1 is 1.35 bits per heavy atom. The Balaban J connectivity index is 1.47. The number of likely N-dealkylation sites (tertiary alicyclic amines) is 1. The van der Waals surface area contributed by atoms with Crippen molar-refractivity contribution in [2.45, 2.75) is 51.4 Å². The summed E-state index contributed by atoms with van der Waals surface area (Å²) in [5.41, 5.74) is 1.14. The van der Waals surface area contributed by atoms with Gasteiger partial charge in [0.05, 0.1) is 31.7 Å². The minimum Gasteiger partial charge on any atom is -0.497 e. The van der Waals surface area contributed by atoms with Gasteiger partial charge in [-0.05, 0) is 43.9 Å². The van der Waals surface area contributed by atoms with Crippen LogP contribution in [0.25, 0.3) is 0 Å². The van der Waals surface area contributed by atoms with Gasteiger partial charge in [-0.1, -0.05) is 18.2 Å². The first kappa shape index (κ1) is 22.6. The molecule has 1 aromatic rings. The number of hydrogen-bond acceptors (Lipinski definition) is 6. The number of halogens is 1. The Morgan fingerprint density at radius 3 is 2.71 bits per heavy atom. The van der Waals surface area contributed by atoms with E-state index in [1.807, 2.05) is 43.3 Å². The molecule has 1 aliphatic heterocycles. The van der Waals surface area contributed by atoms with Crippen LogP contribution in [0.3, 0.4) is 0 Å². The number of hydrogen-bond donors (Lipinski definition) is 1. The lowest BCUT2D eigenvalue weighted by molar-refractivity contribution is -0.157. The van der Waals surface area contributed by atoms with Crippen LogP contribution in [-0.4, -0.2) is 49.2 Å². The fourth-order valence-corrected chi connectivity index (χ4v) is 3.83. The van der Waals surface area contributed by atoms with E-state index in [0.717, 1.165) is 17.0 Å². The van der Waals surface area contributed by atoms with Gasteiger partial charge >= 0.3 is 5.97 Å². The maximum Gasteiger partial charge on any atom is 0.312 e. The number of benzene rings is 1. The van der Waals surface area contributed by atoms with E-state index in [4.69, 9.17) is 14.7 Å². The normalized spacial score (nSPS) is 25.4. The Bertz CT molecular complexity index is 880. The van der Waals surface area contributed by atoms with Crippen molar-refractivity contribution in [2.24, 2.45) is 5.41 Å². The summed E-state index contributed by atoms with van der Waals surface area (Å²) in [5.74, 6) is 0.202. The van der Waals surface area contributed by atoms with Crippen LogP contribution < -0.4 is 10.1 Å². The lowest BCUT2D eigenvalue weighted by atomic mass is 9.78. The highest BCUT2D eigenvalue weighted by Gasteiger charge is 2.37. The van der Waals surface area contributed by atoms with Crippen molar-refractivity contribution in [3.63, 3.8) is 0 Å². The quantitative estimate of drug-likeness (QED) is 0.670. The number of carbonyl (C=O) groups is 2. The van der Waals surface area contributed by atoms with E-state index in [2.05, 4.69) is 5.32 Å². The number of ether oxygens (including phenoxy) is 2. The average molecular weight is 429 g/mol. The van der Waals surface area contributed by atoms with Gasteiger partial charge in [-0.15, -0.1) is 0 Å². The second-order valence-corrected chi connectivity index (χ2v) is 8.30. The SMILES string of the molecule is COc1ccc(COC(=O)C2(C)CC=C(NCC(=O)N3C[C@@H](F)C[C@H]3C#N)CC2)cc1. The maximum absolute atomic E-state index is 13.5. The molecule has 1 aromatic carbocycles. The predicted octanol–water partition coefficient (Wildman–Crippen LogP) is 2.86. The molecule has 1 saturated heterocycles. The summed E-state index contributed by atoms with van der Waals surface area (Å²) in [4.78, 5) is 26.3. The molecule has 0 radical (unpaired) electrons.